The van der Waals surface area contributed by atoms with Gasteiger partial charge in [0.05, 0.1) is 6.10 Å². The van der Waals surface area contributed by atoms with Gasteiger partial charge in [-0.15, -0.1) is 12.4 Å². The summed E-state index contributed by atoms with van der Waals surface area (Å²) >= 11 is 0. The Kier molecular flexibility index (Phi) is 4.03. The lowest BCUT2D eigenvalue weighted by Gasteiger charge is -2.41. The Morgan fingerprint density at radius 2 is 1.94 bits per heavy atom. The number of fused-ring (bicyclic) bond motifs is 2. The topological polar surface area (TPSA) is 35.5 Å². The molecular weight excluding hydrogens is 236 g/mol. The van der Waals surface area contributed by atoms with Crippen LogP contribution in [-0.4, -0.2) is 47.8 Å². The summed E-state index contributed by atoms with van der Waals surface area (Å²) in [7, 11) is 0. The molecule has 100 valence electrons. The number of aliphatic hydroxyl groups excluding tert-OH is 1. The van der Waals surface area contributed by atoms with Crippen molar-refractivity contribution < 1.29 is 5.11 Å². The van der Waals surface area contributed by atoms with Crippen LogP contribution in [0, 0.1) is 5.41 Å². The minimum atomic E-state index is -0.0248. The highest BCUT2D eigenvalue weighted by Crippen LogP contribution is 2.39. The minimum absolute atomic E-state index is 0. The fourth-order valence-corrected chi connectivity index (χ4v) is 3.95. The third-order valence-electron chi connectivity index (χ3n) is 4.88. The Hall–Kier alpha value is 0.170. The standard InChI is InChI=1S/C13H24N2O.ClH/c1-13(4-5-14-8-13)9-15-10-2-3-11(15)7-12(16)6-10;/h10-12,14,16H,2-9H2,1H3;1H. The van der Waals surface area contributed by atoms with Crippen molar-refractivity contribution >= 4 is 12.4 Å². The molecule has 3 heterocycles. The Labute approximate surface area is 110 Å². The molecule has 0 aromatic heterocycles. The second-order valence-electron chi connectivity index (χ2n) is 6.42. The van der Waals surface area contributed by atoms with Crippen LogP contribution in [0.25, 0.3) is 0 Å². The normalized spacial score (nSPS) is 45.9. The molecule has 2 bridgehead atoms. The van der Waals surface area contributed by atoms with Gasteiger partial charge in [0.15, 0.2) is 0 Å². The van der Waals surface area contributed by atoms with E-state index in [4.69, 9.17) is 0 Å². The zero-order chi connectivity index (χ0) is 11.2. The number of piperidine rings is 1. The van der Waals surface area contributed by atoms with E-state index >= 15 is 0 Å². The molecule has 0 aromatic rings. The van der Waals surface area contributed by atoms with Gasteiger partial charge in [-0.25, -0.2) is 0 Å². The summed E-state index contributed by atoms with van der Waals surface area (Å²) in [6, 6.07) is 1.34. The van der Waals surface area contributed by atoms with Crippen molar-refractivity contribution in [1.82, 2.24) is 10.2 Å². The van der Waals surface area contributed by atoms with E-state index < -0.39 is 0 Å². The number of aliphatic hydroxyl groups is 1. The van der Waals surface area contributed by atoms with Gasteiger partial charge in [0, 0.05) is 25.2 Å². The van der Waals surface area contributed by atoms with Gasteiger partial charge in [-0.05, 0) is 44.1 Å². The van der Waals surface area contributed by atoms with Gasteiger partial charge in [-0.2, -0.15) is 0 Å². The second-order valence-corrected chi connectivity index (χ2v) is 6.42. The van der Waals surface area contributed by atoms with E-state index in [1.54, 1.807) is 0 Å². The number of rotatable bonds is 2. The van der Waals surface area contributed by atoms with E-state index in [0.29, 0.717) is 17.5 Å². The minimum Gasteiger partial charge on any atom is -0.393 e. The van der Waals surface area contributed by atoms with Crippen LogP contribution in [-0.2, 0) is 0 Å². The third-order valence-corrected chi connectivity index (χ3v) is 4.88. The molecule has 0 aromatic carbocycles. The van der Waals surface area contributed by atoms with Gasteiger partial charge in [0.1, 0.15) is 0 Å². The summed E-state index contributed by atoms with van der Waals surface area (Å²) in [5.41, 5.74) is 0.475. The number of hydrogen-bond donors (Lipinski definition) is 2. The van der Waals surface area contributed by atoms with E-state index in [1.165, 1.54) is 38.9 Å². The zero-order valence-electron chi connectivity index (χ0n) is 10.7. The van der Waals surface area contributed by atoms with Gasteiger partial charge < -0.3 is 10.4 Å². The maximum absolute atomic E-state index is 9.79. The predicted molar refractivity (Wildman–Crippen MR) is 71.6 cm³/mol. The fourth-order valence-electron chi connectivity index (χ4n) is 3.95. The molecule has 0 amide bonds. The molecule has 17 heavy (non-hydrogen) atoms. The lowest BCUT2D eigenvalue weighted by atomic mass is 9.87. The summed E-state index contributed by atoms with van der Waals surface area (Å²) in [5.74, 6) is 0. The Morgan fingerprint density at radius 3 is 2.47 bits per heavy atom. The predicted octanol–water partition coefficient (Wildman–Crippen LogP) is 1.40. The van der Waals surface area contributed by atoms with Crippen LogP contribution in [0.4, 0.5) is 0 Å². The Bertz CT molecular complexity index is 254. The first-order chi connectivity index (χ1) is 7.66. The van der Waals surface area contributed by atoms with Crippen LogP contribution in [0.1, 0.15) is 39.0 Å². The van der Waals surface area contributed by atoms with Crippen LogP contribution in [0.5, 0.6) is 0 Å². The SMILES string of the molecule is CC1(CN2C3CCC2CC(O)C3)CCNC1.Cl. The summed E-state index contributed by atoms with van der Waals surface area (Å²) in [5, 5.41) is 13.3. The highest BCUT2D eigenvalue weighted by atomic mass is 35.5. The van der Waals surface area contributed by atoms with Crippen molar-refractivity contribution in [2.45, 2.75) is 57.2 Å². The molecule has 3 rings (SSSR count). The smallest absolute Gasteiger partial charge is 0.0570 e. The van der Waals surface area contributed by atoms with Crippen LogP contribution in [0.3, 0.4) is 0 Å². The van der Waals surface area contributed by atoms with Crippen molar-refractivity contribution in [3.63, 3.8) is 0 Å². The van der Waals surface area contributed by atoms with E-state index in [2.05, 4.69) is 17.1 Å². The molecule has 3 unspecified atom stereocenters. The first-order valence-electron chi connectivity index (χ1n) is 6.81. The van der Waals surface area contributed by atoms with Gasteiger partial charge in [-0.1, -0.05) is 6.92 Å². The highest BCUT2D eigenvalue weighted by molar-refractivity contribution is 5.85. The molecule has 4 heteroatoms. The van der Waals surface area contributed by atoms with Crippen molar-refractivity contribution in [3.05, 3.63) is 0 Å². The van der Waals surface area contributed by atoms with Gasteiger partial charge in [-0.3, -0.25) is 4.90 Å². The van der Waals surface area contributed by atoms with Crippen LogP contribution in [0.15, 0.2) is 0 Å². The van der Waals surface area contributed by atoms with Crippen LogP contribution >= 0.6 is 12.4 Å². The number of nitrogens with one attached hydrogen (secondary N) is 1. The van der Waals surface area contributed by atoms with Gasteiger partial charge >= 0.3 is 0 Å². The average molecular weight is 261 g/mol. The van der Waals surface area contributed by atoms with Crippen molar-refractivity contribution in [2.75, 3.05) is 19.6 Å². The molecule has 0 spiro atoms. The molecule has 3 aliphatic heterocycles. The van der Waals surface area contributed by atoms with Gasteiger partial charge in [0.2, 0.25) is 0 Å². The second kappa shape index (κ2) is 5.04. The molecule has 3 aliphatic rings. The average Bonchev–Trinajstić information content (AvgIpc) is 2.72. The molecule has 2 N–H and O–H groups in total. The number of hydrogen-bond acceptors (Lipinski definition) is 3. The highest BCUT2D eigenvalue weighted by Gasteiger charge is 2.43. The third kappa shape index (κ3) is 2.62. The fraction of sp³-hybridized carbons (Fsp3) is 1.00. The quantitative estimate of drug-likeness (QED) is 0.788. The maximum Gasteiger partial charge on any atom is 0.0570 e. The van der Waals surface area contributed by atoms with E-state index in [-0.39, 0.29) is 18.5 Å². The molecule has 0 aliphatic carbocycles. The molecule has 3 atom stereocenters. The summed E-state index contributed by atoms with van der Waals surface area (Å²) in [4.78, 5) is 2.71. The molecule has 3 saturated heterocycles. The lowest BCUT2D eigenvalue weighted by molar-refractivity contribution is 0.0159. The van der Waals surface area contributed by atoms with E-state index in [0.717, 1.165) is 12.8 Å². The number of nitrogens with zero attached hydrogens (tertiary/aromatic N) is 1. The summed E-state index contributed by atoms with van der Waals surface area (Å²) < 4.78 is 0. The van der Waals surface area contributed by atoms with Gasteiger partial charge in [0.25, 0.3) is 0 Å². The van der Waals surface area contributed by atoms with Crippen molar-refractivity contribution in [2.24, 2.45) is 5.41 Å². The molecular formula is C13H25ClN2O. The molecule has 0 radical (unpaired) electrons. The molecule has 3 nitrogen and oxygen atoms in total. The van der Waals surface area contributed by atoms with E-state index in [1.807, 2.05) is 0 Å². The van der Waals surface area contributed by atoms with Crippen LogP contribution in [0.2, 0.25) is 0 Å². The van der Waals surface area contributed by atoms with E-state index in [9.17, 15) is 5.11 Å². The van der Waals surface area contributed by atoms with Crippen molar-refractivity contribution in [1.29, 1.82) is 0 Å². The lowest BCUT2D eigenvalue weighted by Crippen LogP contribution is -2.49. The molecule has 0 saturated carbocycles. The first kappa shape index (κ1) is 13.6. The first-order valence-corrected chi connectivity index (χ1v) is 6.81. The summed E-state index contributed by atoms with van der Waals surface area (Å²) in [6.45, 7) is 6.01. The summed E-state index contributed by atoms with van der Waals surface area (Å²) in [6.07, 6.45) is 5.94. The molecule has 3 fully saturated rings. The Balaban J connectivity index is 0.00000108. The zero-order valence-corrected chi connectivity index (χ0v) is 11.5. The van der Waals surface area contributed by atoms with Crippen LogP contribution < -0.4 is 5.32 Å². The number of halogens is 1. The monoisotopic (exact) mass is 260 g/mol. The van der Waals surface area contributed by atoms with Crippen molar-refractivity contribution in [3.8, 4) is 0 Å². The Morgan fingerprint density at radius 1 is 1.29 bits per heavy atom. The maximum atomic E-state index is 9.79. The largest absolute Gasteiger partial charge is 0.393 e.